The Bertz CT molecular complexity index is 872. The first kappa shape index (κ1) is 16.6. The maximum Gasteiger partial charge on any atom is 0.432 e. The van der Waals surface area contributed by atoms with E-state index in [1.54, 1.807) is 24.4 Å². The Labute approximate surface area is 138 Å². The Morgan fingerprint density at radius 2 is 2.08 bits per heavy atom. The predicted molar refractivity (Wildman–Crippen MR) is 79.1 cm³/mol. The molecule has 8 nitrogen and oxygen atoms in total. The molecule has 3 N–H and O–H groups in total. The molecule has 130 valence electrons. The van der Waals surface area contributed by atoms with Crippen molar-refractivity contribution in [3.05, 3.63) is 47.9 Å². The van der Waals surface area contributed by atoms with Gasteiger partial charge in [-0.15, -0.1) is 0 Å². The summed E-state index contributed by atoms with van der Waals surface area (Å²) in [5.41, 5.74) is -0.507. The Kier molecular flexibility index (Phi) is 4.21. The number of carbonyl (C=O) groups is 1. The molecule has 0 aliphatic rings. The fourth-order valence-corrected chi connectivity index (χ4v) is 2.01. The number of rotatable bonds is 4. The number of aromatic amines is 2. The van der Waals surface area contributed by atoms with Crippen LogP contribution in [-0.2, 0) is 6.18 Å². The molecule has 0 saturated carbocycles. The maximum atomic E-state index is 12.6. The van der Waals surface area contributed by atoms with Crippen LogP contribution in [0.15, 0.2) is 30.6 Å². The average molecular weight is 351 g/mol. The highest BCUT2D eigenvalue weighted by molar-refractivity contribution is 5.90. The number of hydrogen-bond donors (Lipinski definition) is 3. The molecule has 0 spiro atoms. The van der Waals surface area contributed by atoms with Gasteiger partial charge in [-0.2, -0.15) is 18.3 Å². The van der Waals surface area contributed by atoms with Gasteiger partial charge >= 0.3 is 6.18 Å². The largest absolute Gasteiger partial charge is 0.432 e. The fraction of sp³-hybridized carbons (Fsp3) is 0.214. The summed E-state index contributed by atoms with van der Waals surface area (Å²) in [6.07, 6.45) is -2.30. The van der Waals surface area contributed by atoms with Crippen LogP contribution in [0.5, 0.6) is 0 Å². The standard InChI is InChI=1S/C14H12F3N7O/c1-7(10-19-6-9(21-10)14(15,16)17)20-13(25)12-22-11(23-24-12)8-4-2-3-5-18-8/h2-7H,1H3,(H,19,21)(H,20,25)(H,22,23,24). The van der Waals surface area contributed by atoms with Crippen molar-refractivity contribution in [2.45, 2.75) is 19.1 Å². The number of halogens is 3. The second kappa shape index (κ2) is 6.34. The number of nitrogens with zero attached hydrogens (tertiary/aromatic N) is 4. The van der Waals surface area contributed by atoms with E-state index in [4.69, 9.17) is 0 Å². The summed E-state index contributed by atoms with van der Waals surface area (Å²) in [6, 6.07) is 4.36. The summed E-state index contributed by atoms with van der Waals surface area (Å²) in [7, 11) is 0. The van der Waals surface area contributed by atoms with E-state index in [1.807, 2.05) is 0 Å². The second-order valence-electron chi connectivity index (χ2n) is 5.10. The lowest BCUT2D eigenvalue weighted by Crippen LogP contribution is -2.28. The van der Waals surface area contributed by atoms with Gasteiger partial charge in [0.05, 0.1) is 12.2 Å². The van der Waals surface area contributed by atoms with Crippen molar-refractivity contribution in [3.63, 3.8) is 0 Å². The normalized spacial score (nSPS) is 12.8. The third-order valence-corrected chi connectivity index (χ3v) is 3.25. The zero-order valence-corrected chi connectivity index (χ0v) is 12.8. The van der Waals surface area contributed by atoms with Crippen LogP contribution in [0, 0.1) is 0 Å². The van der Waals surface area contributed by atoms with Gasteiger partial charge in [-0.05, 0) is 19.1 Å². The number of H-pyrrole nitrogens is 2. The lowest BCUT2D eigenvalue weighted by Gasteiger charge is -2.10. The molecule has 3 aromatic heterocycles. The van der Waals surface area contributed by atoms with E-state index in [1.165, 1.54) is 6.92 Å². The van der Waals surface area contributed by atoms with Crippen LogP contribution in [-0.4, -0.2) is 36.0 Å². The van der Waals surface area contributed by atoms with Crippen LogP contribution >= 0.6 is 0 Å². The average Bonchev–Trinajstić information content (AvgIpc) is 3.25. The minimum Gasteiger partial charge on any atom is -0.340 e. The molecule has 1 unspecified atom stereocenters. The van der Waals surface area contributed by atoms with E-state index in [-0.39, 0.29) is 17.5 Å². The van der Waals surface area contributed by atoms with Crippen molar-refractivity contribution in [2.75, 3.05) is 0 Å². The highest BCUT2D eigenvalue weighted by Gasteiger charge is 2.33. The number of aromatic nitrogens is 6. The molecule has 0 radical (unpaired) electrons. The topological polar surface area (TPSA) is 112 Å². The number of amides is 1. The van der Waals surface area contributed by atoms with Crippen molar-refractivity contribution in [1.82, 2.24) is 35.5 Å². The summed E-state index contributed by atoms with van der Waals surface area (Å²) < 4.78 is 37.7. The highest BCUT2D eigenvalue weighted by atomic mass is 19.4. The summed E-state index contributed by atoms with van der Waals surface area (Å²) in [6.45, 7) is 1.49. The molecule has 11 heteroatoms. The Balaban J connectivity index is 1.70. The number of hydrogen-bond acceptors (Lipinski definition) is 5. The van der Waals surface area contributed by atoms with Crippen molar-refractivity contribution < 1.29 is 18.0 Å². The number of nitrogens with one attached hydrogen (secondary N) is 3. The molecule has 3 rings (SSSR count). The van der Waals surface area contributed by atoms with Crippen LogP contribution < -0.4 is 5.32 Å². The minimum atomic E-state index is -4.53. The van der Waals surface area contributed by atoms with Gasteiger partial charge in [0.25, 0.3) is 5.91 Å². The molecule has 0 aliphatic carbocycles. The van der Waals surface area contributed by atoms with E-state index < -0.39 is 23.8 Å². The zero-order chi connectivity index (χ0) is 18.0. The lowest BCUT2D eigenvalue weighted by atomic mass is 10.3. The predicted octanol–water partition coefficient (Wildman–Crippen LogP) is 2.10. The van der Waals surface area contributed by atoms with Crippen LogP contribution in [0.4, 0.5) is 13.2 Å². The molecule has 1 atom stereocenters. The molecule has 25 heavy (non-hydrogen) atoms. The number of imidazole rings is 1. The van der Waals surface area contributed by atoms with Gasteiger partial charge in [0.15, 0.2) is 5.82 Å². The molecule has 3 heterocycles. The van der Waals surface area contributed by atoms with Crippen LogP contribution in [0.3, 0.4) is 0 Å². The number of carbonyl (C=O) groups excluding carboxylic acids is 1. The quantitative estimate of drug-likeness (QED) is 0.666. The third kappa shape index (κ3) is 3.65. The van der Waals surface area contributed by atoms with E-state index >= 15 is 0 Å². The molecule has 3 aromatic rings. The molecular formula is C14H12F3N7O. The van der Waals surface area contributed by atoms with Gasteiger partial charge in [-0.25, -0.2) is 9.97 Å². The third-order valence-electron chi connectivity index (χ3n) is 3.25. The smallest absolute Gasteiger partial charge is 0.340 e. The van der Waals surface area contributed by atoms with Crippen molar-refractivity contribution in [3.8, 4) is 11.5 Å². The highest BCUT2D eigenvalue weighted by Crippen LogP contribution is 2.28. The summed E-state index contributed by atoms with van der Waals surface area (Å²) in [4.78, 5) is 26.0. The minimum absolute atomic E-state index is 0.0230. The van der Waals surface area contributed by atoms with Gasteiger partial charge in [0, 0.05) is 6.20 Å². The summed E-state index contributed by atoms with van der Waals surface area (Å²) in [5, 5.41) is 8.85. The molecular weight excluding hydrogens is 339 g/mol. The number of alkyl halides is 3. The first-order valence-corrected chi connectivity index (χ1v) is 7.11. The van der Waals surface area contributed by atoms with Gasteiger partial charge in [0.1, 0.15) is 17.2 Å². The maximum absolute atomic E-state index is 12.6. The monoisotopic (exact) mass is 351 g/mol. The lowest BCUT2D eigenvalue weighted by molar-refractivity contribution is -0.140. The van der Waals surface area contributed by atoms with Crippen molar-refractivity contribution >= 4 is 5.91 Å². The van der Waals surface area contributed by atoms with Crippen LogP contribution in [0.1, 0.15) is 35.1 Å². The zero-order valence-electron chi connectivity index (χ0n) is 12.8. The molecule has 0 bridgehead atoms. The summed E-state index contributed by atoms with van der Waals surface area (Å²) in [5.74, 6) is -0.511. The molecule has 0 fully saturated rings. The molecule has 0 saturated heterocycles. The Morgan fingerprint density at radius 1 is 1.28 bits per heavy atom. The van der Waals surface area contributed by atoms with Gasteiger partial charge in [0.2, 0.25) is 5.82 Å². The van der Waals surface area contributed by atoms with E-state index in [9.17, 15) is 18.0 Å². The fourth-order valence-electron chi connectivity index (χ4n) is 2.01. The first-order chi connectivity index (χ1) is 11.8. The van der Waals surface area contributed by atoms with Crippen molar-refractivity contribution in [1.29, 1.82) is 0 Å². The number of pyridine rings is 1. The molecule has 0 aromatic carbocycles. The molecule has 0 aliphatic heterocycles. The van der Waals surface area contributed by atoms with E-state index in [0.29, 0.717) is 11.9 Å². The Hall–Kier alpha value is -3.24. The first-order valence-electron chi connectivity index (χ1n) is 7.11. The SMILES string of the molecule is CC(NC(=O)c1nc(-c2ccccn2)n[nH]1)c1ncc(C(F)(F)F)[nH]1. The Morgan fingerprint density at radius 3 is 2.72 bits per heavy atom. The van der Waals surface area contributed by atoms with E-state index in [2.05, 4.69) is 35.5 Å². The van der Waals surface area contributed by atoms with Gasteiger partial charge in [-0.1, -0.05) is 6.07 Å². The summed E-state index contributed by atoms with van der Waals surface area (Å²) >= 11 is 0. The molecule has 1 amide bonds. The van der Waals surface area contributed by atoms with Crippen LogP contribution in [0.25, 0.3) is 11.5 Å². The van der Waals surface area contributed by atoms with E-state index in [0.717, 1.165) is 0 Å². The van der Waals surface area contributed by atoms with Gasteiger partial charge < -0.3 is 10.3 Å². The van der Waals surface area contributed by atoms with Crippen LogP contribution in [0.2, 0.25) is 0 Å². The van der Waals surface area contributed by atoms with Gasteiger partial charge in [-0.3, -0.25) is 14.9 Å². The van der Waals surface area contributed by atoms with Crippen molar-refractivity contribution in [2.24, 2.45) is 0 Å². The second-order valence-corrected chi connectivity index (χ2v) is 5.10.